The quantitative estimate of drug-likeness (QED) is 0.943. The van der Waals surface area contributed by atoms with Crippen LogP contribution in [-0.4, -0.2) is 46.0 Å². The van der Waals surface area contributed by atoms with Crippen molar-refractivity contribution in [1.29, 1.82) is 0 Å². The highest BCUT2D eigenvalue weighted by Crippen LogP contribution is 2.23. The number of aryl methyl sites for hydroxylation is 2. The van der Waals surface area contributed by atoms with E-state index in [1.54, 1.807) is 16.8 Å². The zero-order valence-electron chi connectivity index (χ0n) is 13.0. The number of hydrogen-bond donors (Lipinski definition) is 1. The van der Waals surface area contributed by atoms with E-state index in [9.17, 15) is 5.11 Å². The molecule has 0 unspecified atom stereocenters. The molecule has 0 saturated carbocycles. The maximum Gasteiger partial charge on any atom is 0.131 e. The summed E-state index contributed by atoms with van der Waals surface area (Å²) in [5.41, 5.74) is 3.30. The molecule has 3 rings (SSSR count). The molecule has 6 heteroatoms. The number of rotatable bonds is 3. The standard InChI is InChI=1S/C16H21ClN4O/c1-12-15(16(17)19(2)18-12)11-20-7-9-21(10-8-20)13-3-5-14(22)6-4-13/h3-6,22H,7-11H2,1-2H3. The highest BCUT2D eigenvalue weighted by molar-refractivity contribution is 6.30. The molecule has 1 N–H and O–H groups in total. The number of halogens is 1. The van der Waals surface area contributed by atoms with Crippen LogP contribution in [0.1, 0.15) is 11.3 Å². The summed E-state index contributed by atoms with van der Waals surface area (Å²) < 4.78 is 1.74. The van der Waals surface area contributed by atoms with E-state index in [0.29, 0.717) is 5.75 Å². The molecule has 1 aliphatic heterocycles. The van der Waals surface area contributed by atoms with Gasteiger partial charge in [-0.05, 0) is 31.2 Å². The van der Waals surface area contributed by atoms with Crippen molar-refractivity contribution in [2.75, 3.05) is 31.1 Å². The van der Waals surface area contributed by atoms with Crippen LogP contribution in [0.4, 0.5) is 5.69 Å². The maximum atomic E-state index is 9.37. The third-order valence-electron chi connectivity index (χ3n) is 4.24. The van der Waals surface area contributed by atoms with Crippen molar-refractivity contribution in [3.8, 4) is 5.75 Å². The van der Waals surface area contributed by atoms with Crippen LogP contribution in [0.15, 0.2) is 24.3 Å². The van der Waals surface area contributed by atoms with E-state index in [-0.39, 0.29) is 0 Å². The molecule has 0 atom stereocenters. The topological polar surface area (TPSA) is 44.5 Å². The number of piperazine rings is 1. The fourth-order valence-corrected chi connectivity index (χ4v) is 3.14. The Morgan fingerprint density at radius 1 is 1.14 bits per heavy atom. The van der Waals surface area contributed by atoms with Gasteiger partial charge in [0.25, 0.3) is 0 Å². The van der Waals surface area contributed by atoms with E-state index in [1.165, 1.54) is 0 Å². The van der Waals surface area contributed by atoms with Gasteiger partial charge in [-0.3, -0.25) is 9.58 Å². The number of aromatic hydroxyl groups is 1. The zero-order chi connectivity index (χ0) is 15.7. The molecule has 0 aliphatic carbocycles. The second-order valence-corrected chi connectivity index (χ2v) is 6.12. The van der Waals surface area contributed by atoms with Gasteiger partial charge in [-0.25, -0.2) is 0 Å². The number of phenols is 1. The summed E-state index contributed by atoms with van der Waals surface area (Å²) in [6, 6.07) is 7.40. The van der Waals surface area contributed by atoms with Crippen LogP contribution in [0, 0.1) is 6.92 Å². The van der Waals surface area contributed by atoms with Gasteiger partial charge < -0.3 is 10.0 Å². The number of anilines is 1. The fourth-order valence-electron chi connectivity index (χ4n) is 2.90. The molecule has 0 amide bonds. The van der Waals surface area contributed by atoms with Crippen molar-refractivity contribution >= 4 is 17.3 Å². The maximum absolute atomic E-state index is 9.37. The molecule has 1 saturated heterocycles. The van der Waals surface area contributed by atoms with Crippen LogP contribution in [-0.2, 0) is 13.6 Å². The first-order chi connectivity index (χ1) is 10.5. The molecule has 1 fully saturated rings. The van der Waals surface area contributed by atoms with E-state index >= 15 is 0 Å². The van der Waals surface area contributed by atoms with Crippen molar-refractivity contribution in [3.05, 3.63) is 40.7 Å². The number of benzene rings is 1. The molecule has 1 aromatic heterocycles. The first-order valence-electron chi connectivity index (χ1n) is 7.49. The molecular formula is C16H21ClN4O. The zero-order valence-corrected chi connectivity index (χ0v) is 13.7. The normalized spacial score (nSPS) is 16.2. The lowest BCUT2D eigenvalue weighted by molar-refractivity contribution is 0.249. The lowest BCUT2D eigenvalue weighted by Crippen LogP contribution is -2.46. The third kappa shape index (κ3) is 3.05. The molecule has 0 spiro atoms. The Morgan fingerprint density at radius 3 is 2.32 bits per heavy atom. The highest BCUT2D eigenvalue weighted by Gasteiger charge is 2.20. The van der Waals surface area contributed by atoms with Crippen LogP contribution in [0.2, 0.25) is 5.15 Å². The van der Waals surface area contributed by atoms with Gasteiger partial charge in [-0.1, -0.05) is 11.6 Å². The molecule has 2 aromatic rings. The van der Waals surface area contributed by atoms with Crippen molar-refractivity contribution < 1.29 is 5.11 Å². The van der Waals surface area contributed by atoms with E-state index in [2.05, 4.69) is 14.9 Å². The average molecular weight is 321 g/mol. The summed E-state index contributed by atoms with van der Waals surface area (Å²) in [5.74, 6) is 0.309. The van der Waals surface area contributed by atoms with Gasteiger partial charge in [0.2, 0.25) is 0 Å². The molecule has 118 valence electrons. The third-order valence-corrected chi connectivity index (χ3v) is 4.71. The summed E-state index contributed by atoms with van der Waals surface area (Å²) in [5, 5.41) is 14.5. The largest absolute Gasteiger partial charge is 0.508 e. The van der Waals surface area contributed by atoms with Crippen LogP contribution >= 0.6 is 11.6 Å². The Balaban J connectivity index is 1.61. The Hall–Kier alpha value is -1.72. The minimum atomic E-state index is 0.309. The predicted octanol–water partition coefficient (Wildman–Crippen LogP) is 2.41. The highest BCUT2D eigenvalue weighted by atomic mass is 35.5. The Kier molecular flexibility index (Phi) is 4.27. The molecular weight excluding hydrogens is 300 g/mol. The smallest absolute Gasteiger partial charge is 0.131 e. The lowest BCUT2D eigenvalue weighted by atomic mass is 10.2. The predicted molar refractivity (Wildman–Crippen MR) is 88.6 cm³/mol. The summed E-state index contributed by atoms with van der Waals surface area (Å²) >= 11 is 6.31. The van der Waals surface area contributed by atoms with E-state index in [0.717, 1.165) is 54.8 Å². The monoisotopic (exact) mass is 320 g/mol. The molecule has 1 aromatic carbocycles. The summed E-state index contributed by atoms with van der Waals surface area (Å²) in [6.45, 7) is 6.79. The minimum absolute atomic E-state index is 0.309. The van der Waals surface area contributed by atoms with Crippen molar-refractivity contribution in [2.45, 2.75) is 13.5 Å². The average Bonchev–Trinajstić information content (AvgIpc) is 2.75. The van der Waals surface area contributed by atoms with Gasteiger partial charge in [0, 0.05) is 51.0 Å². The molecule has 2 heterocycles. The van der Waals surface area contributed by atoms with Gasteiger partial charge in [0.1, 0.15) is 10.9 Å². The molecule has 0 bridgehead atoms. The number of phenolic OH excluding ortho intramolecular Hbond substituents is 1. The van der Waals surface area contributed by atoms with Crippen LogP contribution < -0.4 is 4.90 Å². The van der Waals surface area contributed by atoms with Crippen molar-refractivity contribution in [2.24, 2.45) is 7.05 Å². The van der Waals surface area contributed by atoms with E-state index in [1.807, 2.05) is 26.1 Å². The molecule has 5 nitrogen and oxygen atoms in total. The van der Waals surface area contributed by atoms with Crippen LogP contribution in [0.25, 0.3) is 0 Å². The van der Waals surface area contributed by atoms with Gasteiger partial charge in [-0.15, -0.1) is 0 Å². The van der Waals surface area contributed by atoms with Gasteiger partial charge in [0.05, 0.1) is 5.69 Å². The summed E-state index contributed by atoms with van der Waals surface area (Å²) in [6.07, 6.45) is 0. The van der Waals surface area contributed by atoms with E-state index < -0.39 is 0 Å². The molecule has 22 heavy (non-hydrogen) atoms. The SMILES string of the molecule is Cc1nn(C)c(Cl)c1CN1CCN(c2ccc(O)cc2)CC1. The Labute approximate surface area is 135 Å². The minimum Gasteiger partial charge on any atom is -0.508 e. The number of hydrogen-bond acceptors (Lipinski definition) is 4. The van der Waals surface area contributed by atoms with Crippen molar-refractivity contribution in [1.82, 2.24) is 14.7 Å². The van der Waals surface area contributed by atoms with E-state index in [4.69, 9.17) is 11.6 Å². The molecule has 0 radical (unpaired) electrons. The van der Waals surface area contributed by atoms with Gasteiger partial charge >= 0.3 is 0 Å². The van der Waals surface area contributed by atoms with Gasteiger partial charge in [0.15, 0.2) is 0 Å². The Morgan fingerprint density at radius 2 is 1.77 bits per heavy atom. The van der Waals surface area contributed by atoms with Crippen LogP contribution in [0.3, 0.4) is 0 Å². The first-order valence-corrected chi connectivity index (χ1v) is 7.86. The van der Waals surface area contributed by atoms with Gasteiger partial charge in [-0.2, -0.15) is 5.10 Å². The summed E-state index contributed by atoms with van der Waals surface area (Å²) in [7, 11) is 1.88. The summed E-state index contributed by atoms with van der Waals surface area (Å²) in [4.78, 5) is 4.75. The second-order valence-electron chi connectivity index (χ2n) is 5.76. The second kappa shape index (κ2) is 6.18. The Bertz CT molecular complexity index is 645. The molecule has 1 aliphatic rings. The number of aromatic nitrogens is 2. The fraction of sp³-hybridized carbons (Fsp3) is 0.438. The lowest BCUT2D eigenvalue weighted by Gasteiger charge is -2.36. The first kappa shape index (κ1) is 15.2. The number of nitrogens with zero attached hydrogens (tertiary/aromatic N) is 4. The van der Waals surface area contributed by atoms with Crippen molar-refractivity contribution in [3.63, 3.8) is 0 Å². The van der Waals surface area contributed by atoms with Crippen LogP contribution in [0.5, 0.6) is 5.75 Å².